The fourth-order valence-corrected chi connectivity index (χ4v) is 1.98. The number of thiol groups is 1. The van der Waals surface area contributed by atoms with Gasteiger partial charge in [0.2, 0.25) is 5.17 Å². The predicted octanol–water partition coefficient (Wildman–Crippen LogP) is -0.0966. The molecular weight excluding hydrogens is 220 g/mol. The summed E-state index contributed by atoms with van der Waals surface area (Å²) in [6.45, 7) is 2.74. The fraction of sp³-hybridized carbons (Fsp3) is 0.667. The number of hydrazone groups is 1. The Morgan fingerprint density at radius 1 is 1.91 bits per heavy atom. The second kappa shape index (κ2) is 7.17. The highest BCUT2D eigenvalue weighted by molar-refractivity contribution is 9.10. The van der Waals surface area contributed by atoms with Crippen LogP contribution in [0.2, 0.25) is 0 Å². The summed E-state index contributed by atoms with van der Waals surface area (Å²) in [6.07, 6.45) is 0. The first-order valence-corrected chi connectivity index (χ1v) is 7.30. The standard InChI is InChI=1S/C3H10N4S4/c1-2-5-7-3(6-4)11(9)10-8/h5,8H,2,4H2,1H3,(H,6,7). The Labute approximate surface area is 81.5 Å². The summed E-state index contributed by atoms with van der Waals surface area (Å²) in [7, 11) is 0.731. The van der Waals surface area contributed by atoms with Crippen LogP contribution in [0.1, 0.15) is 6.92 Å². The molecule has 66 valence electrons. The molecule has 0 radical (unpaired) electrons. The largest absolute Gasteiger partial charge is 0.321 e. The Hall–Kier alpha value is 0.500. The molecule has 1 unspecified atom stereocenters. The van der Waals surface area contributed by atoms with Crippen LogP contribution < -0.4 is 16.7 Å². The second-order valence-electron chi connectivity index (χ2n) is 1.40. The van der Waals surface area contributed by atoms with Gasteiger partial charge in [-0.25, -0.2) is 5.43 Å². The van der Waals surface area contributed by atoms with E-state index in [-0.39, 0.29) is 0 Å². The quantitative estimate of drug-likeness (QED) is 0.136. The lowest BCUT2D eigenvalue weighted by Gasteiger charge is -2.07. The van der Waals surface area contributed by atoms with Crippen molar-refractivity contribution in [1.82, 2.24) is 10.9 Å². The summed E-state index contributed by atoms with van der Waals surface area (Å²) in [6, 6.07) is 0. The first-order valence-electron chi connectivity index (χ1n) is 2.76. The molecule has 0 amide bonds. The molecule has 8 heteroatoms. The zero-order valence-corrected chi connectivity index (χ0v) is 9.25. The second-order valence-corrected chi connectivity index (χ2v) is 6.83. The van der Waals surface area contributed by atoms with Crippen molar-refractivity contribution in [3.05, 3.63) is 0 Å². The Kier molecular flexibility index (Phi) is 7.49. The number of nitrogens with zero attached hydrogens (tertiary/aromatic N) is 1. The van der Waals surface area contributed by atoms with Gasteiger partial charge in [0.25, 0.3) is 0 Å². The van der Waals surface area contributed by atoms with Crippen molar-refractivity contribution in [2.75, 3.05) is 6.54 Å². The smallest absolute Gasteiger partial charge is 0.209 e. The molecule has 0 heterocycles. The van der Waals surface area contributed by atoms with E-state index in [0.29, 0.717) is 5.17 Å². The Morgan fingerprint density at radius 3 is 2.91 bits per heavy atom. The molecule has 11 heavy (non-hydrogen) atoms. The number of rotatable bonds is 3. The molecule has 0 fully saturated rings. The van der Waals surface area contributed by atoms with E-state index in [4.69, 9.17) is 17.0 Å². The van der Waals surface area contributed by atoms with Gasteiger partial charge in [0, 0.05) is 15.0 Å². The maximum absolute atomic E-state index is 5.07. The first-order chi connectivity index (χ1) is 5.26. The van der Waals surface area contributed by atoms with E-state index in [1.165, 1.54) is 9.83 Å². The van der Waals surface area contributed by atoms with Crippen LogP contribution in [0.15, 0.2) is 5.10 Å². The van der Waals surface area contributed by atoms with Crippen LogP contribution in [-0.2, 0) is 19.7 Å². The van der Waals surface area contributed by atoms with Crippen LogP contribution in [0, 0.1) is 0 Å². The molecule has 0 aromatic carbocycles. The van der Waals surface area contributed by atoms with Gasteiger partial charge < -0.3 is 5.84 Å². The van der Waals surface area contributed by atoms with E-state index >= 15 is 0 Å². The summed E-state index contributed by atoms with van der Waals surface area (Å²) in [4.78, 5) is 0. The zero-order chi connectivity index (χ0) is 8.69. The van der Waals surface area contributed by atoms with Gasteiger partial charge in [0.15, 0.2) is 0 Å². The number of hydrogen-bond acceptors (Lipinski definition) is 6. The summed E-state index contributed by atoms with van der Waals surface area (Å²) < 4.78 is 0. The molecule has 0 spiro atoms. The number of nitrogens with two attached hydrogens (primary N) is 1. The SMILES string of the molecule is CCNNC(=NN)S(=S)SS. The number of hydrogen-bond donors (Lipinski definition) is 4. The minimum absolute atomic E-state index is 0.501. The highest BCUT2D eigenvalue weighted by atomic mass is 33.6. The van der Waals surface area contributed by atoms with Gasteiger partial charge in [-0.3, -0.25) is 5.43 Å². The maximum atomic E-state index is 5.07. The molecule has 0 aromatic heterocycles. The predicted molar refractivity (Wildman–Crippen MR) is 59.7 cm³/mol. The summed E-state index contributed by atoms with van der Waals surface area (Å²) >= 11 is 8.93. The third-order valence-electron chi connectivity index (χ3n) is 0.715. The van der Waals surface area contributed by atoms with Crippen molar-refractivity contribution in [2.45, 2.75) is 6.92 Å². The van der Waals surface area contributed by atoms with Crippen molar-refractivity contribution in [2.24, 2.45) is 10.9 Å². The fourth-order valence-electron chi connectivity index (χ4n) is 0.316. The molecule has 4 N–H and O–H groups in total. The van der Waals surface area contributed by atoms with E-state index in [9.17, 15) is 0 Å². The van der Waals surface area contributed by atoms with Crippen LogP contribution in [0.4, 0.5) is 0 Å². The van der Waals surface area contributed by atoms with E-state index in [2.05, 4.69) is 27.6 Å². The molecule has 4 nitrogen and oxygen atoms in total. The molecule has 0 aliphatic rings. The minimum atomic E-state index is -0.501. The van der Waals surface area contributed by atoms with Gasteiger partial charge in [-0.1, -0.05) is 18.6 Å². The molecular formula is C3H10N4S4. The van der Waals surface area contributed by atoms with Gasteiger partial charge in [-0.05, 0) is 21.0 Å². The third-order valence-corrected chi connectivity index (χ3v) is 5.59. The number of hydrazine groups is 1. The Balaban J connectivity index is 3.87. The average molecular weight is 230 g/mol. The highest BCUT2D eigenvalue weighted by Crippen LogP contribution is 2.12. The molecule has 0 aliphatic carbocycles. The van der Waals surface area contributed by atoms with E-state index < -0.39 is 8.49 Å². The van der Waals surface area contributed by atoms with Crippen molar-refractivity contribution >= 4 is 46.3 Å². The van der Waals surface area contributed by atoms with E-state index in [1.807, 2.05) is 6.92 Å². The van der Waals surface area contributed by atoms with Crippen LogP contribution >= 0.6 is 21.5 Å². The summed E-state index contributed by atoms with van der Waals surface area (Å²) in [5.74, 6) is 5.07. The normalized spacial score (nSPS) is 14.5. The Bertz CT molecular complexity index is 157. The highest BCUT2D eigenvalue weighted by Gasteiger charge is 2.01. The van der Waals surface area contributed by atoms with Crippen LogP contribution in [0.3, 0.4) is 0 Å². The lowest BCUT2D eigenvalue weighted by molar-refractivity contribution is 0.689. The van der Waals surface area contributed by atoms with Gasteiger partial charge in [-0.2, -0.15) is 5.10 Å². The molecule has 0 saturated heterocycles. The van der Waals surface area contributed by atoms with Gasteiger partial charge in [-0.15, -0.1) is 0 Å². The van der Waals surface area contributed by atoms with Crippen molar-refractivity contribution in [1.29, 1.82) is 0 Å². The van der Waals surface area contributed by atoms with E-state index in [0.717, 1.165) is 6.54 Å². The Morgan fingerprint density at radius 2 is 2.55 bits per heavy atom. The minimum Gasteiger partial charge on any atom is -0.321 e. The molecule has 0 aliphatic heterocycles. The lowest BCUT2D eigenvalue weighted by Crippen LogP contribution is -2.38. The van der Waals surface area contributed by atoms with Crippen molar-refractivity contribution in [3.8, 4) is 0 Å². The third kappa shape index (κ3) is 4.86. The molecule has 0 rings (SSSR count). The zero-order valence-electron chi connectivity index (χ0n) is 5.90. The van der Waals surface area contributed by atoms with Crippen LogP contribution in [0.25, 0.3) is 0 Å². The van der Waals surface area contributed by atoms with Crippen molar-refractivity contribution < 1.29 is 0 Å². The average Bonchev–Trinajstić information content (AvgIpc) is 2.05. The van der Waals surface area contributed by atoms with E-state index in [1.54, 1.807) is 0 Å². The lowest BCUT2D eigenvalue weighted by atomic mass is 10.8. The summed E-state index contributed by atoms with van der Waals surface area (Å²) in [5.41, 5.74) is 5.63. The number of amidine groups is 1. The van der Waals surface area contributed by atoms with Gasteiger partial charge in [0.1, 0.15) is 0 Å². The van der Waals surface area contributed by atoms with Crippen LogP contribution in [0.5, 0.6) is 0 Å². The van der Waals surface area contributed by atoms with Gasteiger partial charge >= 0.3 is 0 Å². The topological polar surface area (TPSA) is 62.4 Å². The van der Waals surface area contributed by atoms with Crippen LogP contribution in [-0.4, -0.2) is 11.7 Å². The number of nitrogens with one attached hydrogen (secondary N) is 2. The monoisotopic (exact) mass is 230 g/mol. The van der Waals surface area contributed by atoms with Crippen molar-refractivity contribution in [3.63, 3.8) is 0 Å². The molecule has 1 atom stereocenters. The molecule has 0 bridgehead atoms. The molecule has 0 aromatic rings. The maximum Gasteiger partial charge on any atom is 0.209 e. The van der Waals surface area contributed by atoms with Gasteiger partial charge in [0.05, 0.1) is 0 Å². The first kappa shape index (κ1) is 11.5. The molecule has 0 saturated carbocycles. The summed E-state index contributed by atoms with van der Waals surface area (Å²) in [5, 5.41) is 4.02.